The average molecular weight is 246 g/mol. The minimum Gasteiger partial charge on any atom is -0.374 e. The fourth-order valence-electron chi connectivity index (χ4n) is 1.06. The summed E-state index contributed by atoms with van der Waals surface area (Å²) in [7, 11) is 0. The van der Waals surface area contributed by atoms with Crippen LogP contribution in [-0.2, 0) is 4.74 Å². The fourth-order valence-corrected chi connectivity index (χ4v) is 1.06. The molecule has 0 radical (unpaired) electrons. The van der Waals surface area contributed by atoms with Gasteiger partial charge in [0.25, 0.3) is 12.3 Å². The Morgan fingerprint density at radius 1 is 1.47 bits per heavy atom. The minimum atomic E-state index is -2.51. The van der Waals surface area contributed by atoms with E-state index in [4.69, 9.17) is 0 Å². The van der Waals surface area contributed by atoms with E-state index in [1.807, 2.05) is 0 Å². The molecule has 1 rings (SSSR count). The number of nitrogens with one attached hydrogen (secondary N) is 2. The molecule has 0 saturated carbocycles. The molecule has 0 fully saturated rings. The van der Waals surface area contributed by atoms with Gasteiger partial charge in [0.05, 0.1) is 12.2 Å². The number of aromatic nitrogens is 1. The number of carbonyl (C=O) groups excluding carboxylic acids is 1. The van der Waals surface area contributed by atoms with Gasteiger partial charge in [-0.2, -0.15) is 0 Å². The molecule has 1 heterocycles. The number of H-pyrrole nitrogens is 1. The Bertz CT molecular complexity index is 400. The normalized spacial score (nSPS) is 10.5. The second-order valence-corrected chi connectivity index (χ2v) is 3.16. The second-order valence-electron chi connectivity index (χ2n) is 3.16. The lowest BCUT2D eigenvalue weighted by Crippen LogP contribution is -2.28. The van der Waals surface area contributed by atoms with Crippen molar-refractivity contribution >= 4 is 5.91 Å². The highest BCUT2D eigenvalue weighted by Crippen LogP contribution is 1.93. The average Bonchev–Trinajstić information content (AvgIpc) is 2.29. The van der Waals surface area contributed by atoms with Gasteiger partial charge in [0.1, 0.15) is 6.61 Å². The molecule has 0 unspecified atom stereocenters. The van der Waals surface area contributed by atoms with E-state index in [1.54, 1.807) is 0 Å². The van der Waals surface area contributed by atoms with Gasteiger partial charge in [-0.3, -0.25) is 9.59 Å². The topological polar surface area (TPSA) is 71.2 Å². The number of rotatable bonds is 6. The van der Waals surface area contributed by atoms with Crippen molar-refractivity contribution in [1.82, 2.24) is 10.3 Å². The lowest BCUT2D eigenvalue weighted by Gasteiger charge is -2.05. The van der Waals surface area contributed by atoms with Crippen LogP contribution < -0.4 is 10.9 Å². The van der Waals surface area contributed by atoms with Gasteiger partial charge < -0.3 is 15.0 Å². The predicted octanol–water partition coefficient (Wildman–Crippen LogP) is 0.386. The van der Waals surface area contributed by atoms with E-state index in [9.17, 15) is 18.4 Å². The molecule has 0 bridgehead atoms. The monoisotopic (exact) mass is 246 g/mol. The summed E-state index contributed by atoms with van der Waals surface area (Å²) in [4.78, 5) is 24.5. The summed E-state index contributed by atoms with van der Waals surface area (Å²) in [6, 6.07) is 2.59. The highest BCUT2D eigenvalue weighted by atomic mass is 19.3. The van der Waals surface area contributed by atoms with Crippen LogP contribution in [0.3, 0.4) is 0 Å². The number of amides is 1. The lowest BCUT2D eigenvalue weighted by atomic mass is 10.3. The summed E-state index contributed by atoms with van der Waals surface area (Å²) in [5, 5.41) is 2.46. The largest absolute Gasteiger partial charge is 0.374 e. The van der Waals surface area contributed by atoms with Crippen molar-refractivity contribution in [3.05, 3.63) is 34.2 Å². The van der Waals surface area contributed by atoms with Gasteiger partial charge in [-0.05, 0) is 6.07 Å². The molecule has 0 spiro atoms. The summed E-state index contributed by atoms with van der Waals surface area (Å²) in [6.45, 7) is -0.501. The molecule has 0 saturated heterocycles. The van der Waals surface area contributed by atoms with E-state index < -0.39 is 18.9 Å². The second kappa shape index (κ2) is 6.74. The van der Waals surface area contributed by atoms with E-state index in [0.29, 0.717) is 5.56 Å². The molecule has 0 aliphatic heterocycles. The third-order valence-electron chi connectivity index (χ3n) is 1.82. The number of carbonyl (C=O) groups is 1. The number of halogens is 2. The molecule has 7 heteroatoms. The molecule has 94 valence electrons. The van der Waals surface area contributed by atoms with Crippen molar-refractivity contribution in [3.8, 4) is 0 Å². The molecule has 1 aromatic rings. The number of alkyl halides is 2. The molecule has 1 aromatic heterocycles. The SMILES string of the molecule is O=C(NCCOCC(F)F)c1ccc(=O)[nH]c1. The molecular formula is C10H12F2N2O3. The van der Waals surface area contributed by atoms with Crippen LogP contribution in [0.4, 0.5) is 8.78 Å². The standard InChI is InChI=1S/C10H12F2N2O3/c11-8(12)6-17-4-3-13-10(16)7-1-2-9(15)14-5-7/h1-2,5,8H,3-4,6H2,(H,13,16)(H,14,15). The van der Waals surface area contributed by atoms with Crippen molar-refractivity contribution in [2.45, 2.75) is 6.43 Å². The van der Waals surface area contributed by atoms with E-state index in [2.05, 4.69) is 15.0 Å². The van der Waals surface area contributed by atoms with Crippen LogP contribution in [0.15, 0.2) is 23.1 Å². The number of hydrogen-bond acceptors (Lipinski definition) is 3. The number of pyridine rings is 1. The van der Waals surface area contributed by atoms with Gasteiger partial charge in [-0.15, -0.1) is 0 Å². The Morgan fingerprint density at radius 3 is 2.82 bits per heavy atom. The lowest BCUT2D eigenvalue weighted by molar-refractivity contribution is 0.0188. The molecule has 0 atom stereocenters. The Balaban J connectivity index is 2.26. The summed E-state index contributed by atoms with van der Waals surface area (Å²) in [5.41, 5.74) is -0.0136. The molecule has 2 N–H and O–H groups in total. The van der Waals surface area contributed by atoms with Gasteiger partial charge >= 0.3 is 0 Å². The van der Waals surface area contributed by atoms with Gasteiger partial charge in [0.2, 0.25) is 5.56 Å². The number of ether oxygens (including phenoxy) is 1. The van der Waals surface area contributed by atoms with Crippen LogP contribution in [0.25, 0.3) is 0 Å². The zero-order chi connectivity index (χ0) is 12.7. The van der Waals surface area contributed by atoms with Crippen molar-refractivity contribution in [1.29, 1.82) is 0 Å². The summed E-state index contributed by atoms with van der Waals surface area (Å²) in [6.07, 6.45) is -1.23. The predicted molar refractivity (Wildman–Crippen MR) is 56.2 cm³/mol. The molecular weight excluding hydrogens is 234 g/mol. The Labute approximate surface area is 95.8 Å². The Hall–Kier alpha value is -1.76. The summed E-state index contributed by atoms with van der Waals surface area (Å²) < 4.78 is 27.9. The molecule has 5 nitrogen and oxygen atoms in total. The first-order valence-electron chi connectivity index (χ1n) is 4.92. The third-order valence-corrected chi connectivity index (χ3v) is 1.82. The third kappa shape index (κ3) is 5.21. The van der Waals surface area contributed by atoms with Crippen LogP contribution in [-0.4, -0.2) is 37.1 Å². The fraction of sp³-hybridized carbons (Fsp3) is 0.400. The van der Waals surface area contributed by atoms with Crippen molar-refractivity contribution < 1.29 is 18.3 Å². The van der Waals surface area contributed by atoms with Gasteiger partial charge in [0.15, 0.2) is 0 Å². The van der Waals surface area contributed by atoms with Gasteiger partial charge in [-0.1, -0.05) is 0 Å². The van der Waals surface area contributed by atoms with Crippen molar-refractivity contribution in [3.63, 3.8) is 0 Å². The number of aromatic amines is 1. The quantitative estimate of drug-likeness (QED) is 0.713. The summed E-state index contributed by atoms with van der Waals surface area (Å²) in [5.74, 6) is -0.401. The van der Waals surface area contributed by atoms with Crippen molar-refractivity contribution in [2.75, 3.05) is 19.8 Å². The molecule has 17 heavy (non-hydrogen) atoms. The molecule has 0 aromatic carbocycles. The maximum atomic E-state index is 11.7. The van der Waals surface area contributed by atoms with E-state index >= 15 is 0 Å². The van der Waals surface area contributed by atoms with E-state index in [-0.39, 0.29) is 18.7 Å². The highest BCUT2D eigenvalue weighted by Gasteiger charge is 2.05. The zero-order valence-electron chi connectivity index (χ0n) is 8.91. The van der Waals surface area contributed by atoms with Crippen LogP contribution in [0.5, 0.6) is 0 Å². The first-order chi connectivity index (χ1) is 8.09. The van der Waals surface area contributed by atoms with Crippen LogP contribution in [0.2, 0.25) is 0 Å². The first kappa shape index (κ1) is 13.3. The highest BCUT2D eigenvalue weighted by molar-refractivity contribution is 5.93. The van der Waals surface area contributed by atoms with Crippen molar-refractivity contribution in [2.24, 2.45) is 0 Å². The molecule has 1 amide bonds. The summed E-state index contributed by atoms with van der Waals surface area (Å²) >= 11 is 0. The smallest absolute Gasteiger partial charge is 0.261 e. The Morgan fingerprint density at radius 2 is 2.24 bits per heavy atom. The van der Waals surface area contributed by atoms with Gasteiger partial charge in [-0.25, -0.2) is 8.78 Å². The van der Waals surface area contributed by atoms with E-state index in [1.165, 1.54) is 18.3 Å². The van der Waals surface area contributed by atoms with Gasteiger partial charge in [0, 0.05) is 18.8 Å². The van der Waals surface area contributed by atoms with Crippen LogP contribution >= 0.6 is 0 Å². The maximum absolute atomic E-state index is 11.7. The van der Waals surface area contributed by atoms with Crippen LogP contribution in [0.1, 0.15) is 10.4 Å². The van der Waals surface area contributed by atoms with Crippen LogP contribution in [0, 0.1) is 0 Å². The molecule has 0 aliphatic carbocycles. The zero-order valence-corrected chi connectivity index (χ0v) is 8.91. The molecule has 0 aliphatic rings. The minimum absolute atomic E-state index is 0.0133. The Kier molecular flexibility index (Phi) is 5.28. The first-order valence-corrected chi connectivity index (χ1v) is 4.92. The number of hydrogen-bond donors (Lipinski definition) is 2. The van der Waals surface area contributed by atoms with E-state index in [0.717, 1.165) is 0 Å². The maximum Gasteiger partial charge on any atom is 0.261 e.